The molecule has 132 valence electrons. The van der Waals surface area contributed by atoms with Gasteiger partial charge in [0.2, 0.25) is 11.8 Å². The van der Waals surface area contributed by atoms with Gasteiger partial charge in [0.05, 0.1) is 0 Å². The summed E-state index contributed by atoms with van der Waals surface area (Å²) in [5, 5.41) is 7.86. The standard InChI is InChI=1S/C17H25N3O4/c1-10-7-8-13(9-14(10)19-12(3)21)20-15(22)11(2)18-16(23)24-17(4,5)6/h7-9,11H,1-6H3,(H,18,23)(H,19,21)(H,20,22)/t11-/m0/s1. The SMILES string of the molecule is CC(=O)Nc1cc(NC(=O)[C@H](C)NC(=O)OC(C)(C)C)ccc1C. The number of hydrogen-bond donors (Lipinski definition) is 3. The van der Waals surface area contributed by atoms with Crippen molar-refractivity contribution in [3.63, 3.8) is 0 Å². The van der Waals surface area contributed by atoms with Gasteiger partial charge in [0.1, 0.15) is 11.6 Å². The predicted octanol–water partition coefficient (Wildman–Crippen LogP) is 2.81. The van der Waals surface area contributed by atoms with Crippen LogP contribution in [0.4, 0.5) is 16.2 Å². The maximum Gasteiger partial charge on any atom is 0.408 e. The fourth-order valence-electron chi connectivity index (χ4n) is 1.82. The van der Waals surface area contributed by atoms with E-state index in [4.69, 9.17) is 4.74 Å². The Hall–Kier alpha value is -2.57. The monoisotopic (exact) mass is 335 g/mol. The molecule has 0 saturated heterocycles. The van der Waals surface area contributed by atoms with Crippen LogP contribution >= 0.6 is 0 Å². The summed E-state index contributed by atoms with van der Waals surface area (Å²) in [4.78, 5) is 35.0. The molecule has 0 aliphatic rings. The normalized spacial score (nSPS) is 12.1. The fraction of sp³-hybridized carbons (Fsp3) is 0.471. The van der Waals surface area contributed by atoms with E-state index in [9.17, 15) is 14.4 Å². The van der Waals surface area contributed by atoms with Crippen molar-refractivity contribution >= 4 is 29.3 Å². The molecule has 0 bridgehead atoms. The van der Waals surface area contributed by atoms with Crippen LogP contribution in [-0.2, 0) is 14.3 Å². The molecular formula is C17H25N3O4. The molecule has 0 aliphatic heterocycles. The average molecular weight is 335 g/mol. The zero-order valence-corrected chi connectivity index (χ0v) is 14.9. The van der Waals surface area contributed by atoms with E-state index in [1.807, 2.05) is 6.92 Å². The number of amides is 3. The average Bonchev–Trinajstić information content (AvgIpc) is 2.39. The van der Waals surface area contributed by atoms with Crippen LogP contribution in [0.25, 0.3) is 0 Å². The molecule has 0 fully saturated rings. The Morgan fingerprint density at radius 1 is 1.12 bits per heavy atom. The summed E-state index contributed by atoms with van der Waals surface area (Å²) in [5.74, 6) is -0.583. The minimum absolute atomic E-state index is 0.193. The van der Waals surface area contributed by atoms with E-state index in [1.165, 1.54) is 6.92 Å². The third kappa shape index (κ3) is 6.68. The van der Waals surface area contributed by atoms with Crippen LogP contribution in [0.5, 0.6) is 0 Å². The summed E-state index contributed by atoms with van der Waals surface area (Å²) in [7, 11) is 0. The Morgan fingerprint density at radius 3 is 2.29 bits per heavy atom. The van der Waals surface area contributed by atoms with E-state index in [1.54, 1.807) is 45.9 Å². The molecule has 0 heterocycles. The largest absolute Gasteiger partial charge is 0.444 e. The number of carbonyl (C=O) groups excluding carboxylic acids is 3. The molecule has 3 N–H and O–H groups in total. The summed E-state index contributed by atoms with van der Waals surface area (Å²) >= 11 is 0. The van der Waals surface area contributed by atoms with Crippen molar-refractivity contribution in [2.24, 2.45) is 0 Å². The molecule has 1 aromatic rings. The van der Waals surface area contributed by atoms with E-state index in [0.717, 1.165) is 5.56 Å². The van der Waals surface area contributed by atoms with Crippen molar-refractivity contribution in [2.75, 3.05) is 10.6 Å². The van der Waals surface area contributed by atoms with E-state index >= 15 is 0 Å². The molecule has 1 rings (SSSR count). The quantitative estimate of drug-likeness (QED) is 0.788. The topological polar surface area (TPSA) is 96.5 Å². The minimum Gasteiger partial charge on any atom is -0.444 e. The number of anilines is 2. The van der Waals surface area contributed by atoms with Crippen molar-refractivity contribution in [3.8, 4) is 0 Å². The number of nitrogens with one attached hydrogen (secondary N) is 3. The molecule has 7 nitrogen and oxygen atoms in total. The van der Waals surface area contributed by atoms with Crippen molar-refractivity contribution in [2.45, 2.75) is 53.2 Å². The third-order valence-electron chi connectivity index (χ3n) is 2.94. The fourth-order valence-corrected chi connectivity index (χ4v) is 1.82. The number of hydrogen-bond acceptors (Lipinski definition) is 4. The Kier molecular flexibility index (Phi) is 6.34. The lowest BCUT2D eigenvalue weighted by molar-refractivity contribution is -0.117. The third-order valence-corrected chi connectivity index (χ3v) is 2.94. The van der Waals surface area contributed by atoms with Crippen molar-refractivity contribution in [3.05, 3.63) is 23.8 Å². The van der Waals surface area contributed by atoms with Gasteiger partial charge < -0.3 is 20.7 Å². The number of aryl methyl sites for hydroxylation is 1. The van der Waals surface area contributed by atoms with Crippen LogP contribution in [0.3, 0.4) is 0 Å². The molecule has 1 atom stereocenters. The molecule has 0 aromatic heterocycles. The lowest BCUT2D eigenvalue weighted by Crippen LogP contribution is -2.43. The van der Waals surface area contributed by atoms with E-state index < -0.39 is 23.6 Å². The first-order chi connectivity index (χ1) is 11.0. The van der Waals surface area contributed by atoms with Crippen LogP contribution in [0.1, 0.15) is 40.2 Å². The zero-order chi connectivity index (χ0) is 18.5. The first-order valence-electron chi connectivity index (χ1n) is 7.66. The molecule has 7 heteroatoms. The minimum atomic E-state index is -0.773. The van der Waals surface area contributed by atoms with Gasteiger partial charge >= 0.3 is 6.09 Å². The Balaban J connectivity index is 2.70. The summed E-state index contributed by atoms with van der Waals surface area (Å²) < 4.78 is 5.11. The molecule has 0 radical (unpaired) electrons. The molecule has 3 amide bonds. The van der Waals surface area contributed by atoms with Gasteiger partial charge in [-0.25, -0.2) is 4.79 Å². The lowest BCUT2D eigenvalue weighted by Gasteiger charge is -2.21. The highest BCUT2D eigenvalue weighted by atomic mass is 16.6. The second-order valence-corrected chi connectivity index (χ2v) is 6.57. The molecular weight excluding hydrogens is 310 g/mol. The summed E-state index contributed by atoms with van der Waals surface area (Å²) in [6.07, 6.45) is -0.659. The number of rotatable bonds is 4. The van der Waals surface area contributed by atoms with Gasteiger partial charge in [-0.2, -0.15) is 0 Å². The van der Waals surface area contributed by atoms with Crippen molar-refractivity contribution < 1.29 is 19.1 Å². The summed E-state index contributed by atoms with van der Waals surface area (Å²) in [5.41, 5.74) is 1.38. The van der Waals surface area contributed by atoms with Gasteiger partial charge in [-0.05, 0) is 52.3 Å². The highest BCUT2D eigenvalue weighted by Gasteiger charge is 2.21. The smallest absolute Gasteiger partial charge is 0.408 e. The van der Waals surface area contributed by atoms with Crippen LogP contribution in [0, 0.1) is 6.92 Å². The lowest BCUT2D eigenvalue weighted by atomic mass is 10.1. The second kappa shape index (κ2) is 7.81. The molecule has 0 unspecified atom stereocenters. The first kappa shape index (κ1) is 19.5. The second-order valence-electron chi connectivity index (χ2n) is 6.57. The summed E-state index contributed by atoms with van der Waals surface area (Å²) in [6.45, 7) is 10.1. The van der Waals surface area contributed by atoms with Crippen LogP contribution in [0.15, 0.2) is 18.2 Å². The first-order valence-corrected chi connectivity index (χ1v) is 7.66. The van der Waals surface area contributed by atoms with Gasteiger partial charge in [0, 0.05) is 18.3 Å². The zero-order valence-electron chi connectivity index (χ0n) is 14.9. The number of ether oxygens (including phenoxy) is 1. The molecule has 1 aromatic carbocycles. The molecule has 0 spiro atoms. The summed E-state index contributed by atoms with van der Waals surface area (Å²) in [6, 6.07) is 4.39. The molecule has 24 heavy (non-hydrogen) atoms. The predicted molar refractivity (Wildman–Crippen MR) is 92.9 cm³/mol. The van der Waals surface area contributed by atoms with Gasteiger partial charge in [-0.3, -0.25) is 9.59 Å². The number of alkyl carbamates (subject to hydrolysis) is 1. The Labute approximate surface area is 142 Å². The molecule has 0 saturated carbocycles. The van der Waals surface area contributed by atoms with Gasteiger partial charge in [0.25, 0.3) is 0 Å². The van der Waals surface area contributed by atoms with E-state index in [0.29, 0.717) is 11.4 Å². The maximum atomic E-state index is 12.2. The van der Waals surface area contributed by atoms with Gasteiger partial charge in [-0.1, -0.05) is 6.07 Å². The van der Waals surface area contributed by atoms with Crippen molar-refractivity contribution in [1.29, 1.82) is 0 Å². The highest BCUT2D eigenvalue weighted by molar-refractivity contribution is 5.97. The Morgan fingerprint density at radius 2 is 1.75 bits per heavy atom. The Bertz CT molecular complexity index is 635. The van der Waals surface area contributed by atoms with E-state index in [2.05, 4.69) is 16.0 Å². The van der Waals surface area contributed by atoms with E-state index in [-0.39, 0.29) is 5.91 Å². The number of carbonyl (C=O) groups is 3. The van der Waals surface area contributed by atoms with Crippen LogP contribution in [0.2, 0.25) is 0 Å². The number of benzene rings is 1. The van der Waals surface area contributed by atoms with Crippen molar-refractivity contribution in [1.82, 2.24) is 5.32 Å². The maximum absolute atomic E-state index is 12.2. The van der Waals surface area contributed by atoms with Gasteiger partial charge in [0.15, 0.2) is 0 Å². The van der Waals surface area contributed by atoms with Crippen LogP contribution in [-0.4, -0.2) is 29.6 Å². The van der Waals surface area contributed by atoms with Gasteiger partial charge in [-0.15, -0.1) is 0 Å². The molecule has 0 aliphatic carbocycles. The highest BCUT2D eigenvalue weighted by Crippen LogP contribution is 2.20. The van der Waals surface area contributed by atoms with Crippen LogP contribution < -0.4 is 16.0 Å².